The number of carbonyl (C=O) groups excluding carboxylic acids is 1. The summed E-state index contributed by atoms with van der Waals surface area (Å²) in [6.45, 7) is 4.36. The Balaban J connectivity index is 1.76. The van der Waals surface area contributed by atoms with Gasteiger partial charge in [-0.2, -0.15) is 0 Å². The molecule has 1 aromatic heterocycles. The number of hydrogen-bond donors (Lipinski definition) is 1. The first-order valence-electron chi connectivity index (χ1n) is 8.80. The number of aromatic nitrogens is 1. The monoisotopic (exact) mass is 360 g/mol. The van der Waals surface area contributed by atoms with E-state index in [9.17, 15) is 4.79 Å². The van der Waals surface area contributed by atoms with Crippen molar-refractivity contribution < 1.29 is 9.53 Å². The molecule has 1 aromatic carbocycles. The van der Waals surface area contributed by atoms with Crippen molar-refractivity contribution >= 4 is 23.1 Å². The Morgan fingerprint density at radius 1 is 1.28 bits per heavy atom. The van der Waals surface area contributed by atoms with Gasteiger partial charge in [0.25, 0.3) is 0 Å². The smallest absolute Gasteiger partial charge is 0.183 e. The van der Waals surface area contributed by atoms with Gasteiger partial charge in [0, 0.05) is 28.0 Å². The molecule has 0 aliphatic heterocycles. The molecule has 5 heteroatoms. The van der Waals surface area contributed by atoms with Crippen LogP contribution in [-0.2, 0) is 0 Å². The van der Waals surface area contributed by atoms with Crippen LogP contribution in [0.4, 0.5) is 5.69 Å². The molecule has 1 heterocycles. The van der Waals surface area contributed by atoms with E-state index in [1.54, 1.807) is 25.3 Å². The lowest BCUT2D eigenvalue weighted by molar-refractivity contribution is 0.101. The van der Waals surface area contributed by atoms with E-state index >= 15 is 0 Å². The van der Waals surface area contributed by atoms with Crippen molar-refractivity contribution in [3.8, 4) is 5.75 Å². The van der Waals surface area contributed by atoms with E-state index in [-0.39, 0.29) is 12.3 Å². The van der Waals surface area contributed by atoms with Crippen LogP contribution in [0.2, 0.25) is 5.02 Å². The molecule has 0 unspecified atom stereocenters. The maximum atomic E-state index is 12.8. The molecular formula is C20H25ClN2O2. The number of aryl methyl sites for hydroxylation is 1. The van der Waals surface area contributed by atoms with Crippen LogP contribution in [0.5, 0.6) is 5.75 Å². The van der Waals surface area contributed by atoms with Gasteiger partial charge in [0.2, 0.25) is 0 Å². The number of ketones is 1. The van der Waals surface area contributed by atoms with Crippen LogP contribution in [0, 0.1) is 13.8 Å². The predicted octanol–water partition coefficient (Wildman–Crippen LogP) is 5.18. The number of hydrogen-bond acceptors (Lipinski definition) is 3. The highest BCUT2D eigenvalue weighted by atomic mass is 35.5. The van der Waals surface area contributed by atoms with Crippen molar-refractivity contribution in [3.63, 3.8) is 0 Å². The van der Waals surface area contributed by atoms with Crippen molar-refractivity contribution in [2.24, 2.45) is 0 Å². The maximum Gasteiger partial charge on any atom is 0.183 e. The average molecular weight is 361 g/mol. The molecule has 2 aromatic rings. The first-order valence-corrected chi connectivity index (χ1v) is 9.18. The third kappa shape index (κ3) is 3.69. The van der Waals surface area contributed by atoms with E-state index in [0.717, 1.165) is 16.9 Å². The largest absolute Gasteiger partial charge is 0.495 e. The summed E-state index contributed by atoms with van der Waals surface area (Å²) < 4.78 is 7.66. The summed E-state index contributed by atoms with van der Waals surface area (Å²) in [7, 11) is 1.60. The summed E-state index contributed by atoms with van der Waals surface area (Å²) in [5.41, 5.74) is 3.79. The Morgan fingerprint density at radius 2 is 2.00 bits per heavy atom. The van der Waals surface area contributed by atoms with Crippen LogP contribution >= 0.6 is 11.6 Å². The third-order valence-corrected chi connectivity index (χ3v) is 5.31. The van der Waals surface area contributed by atoms with Gasteiger partial charge in [0.05, 0.1) is 19.3 Å². The Bertz CT molecular complexity index is 776. The molecule has 1 N–H and O–H groups in total. The molecule has 0 bridgehead atoms. The number of carbonyl (C=O) groups is 1. The normalized spacial score (nSPS) is 14.7. The van der Waals surface area contributed by atoms with Gasteiger partial charge in [0.15, 0.2) is 5.78 Å². The molecule has 0 radical (unpaired) electrons. The van der Waals surface area contributed by atoms with Crippen molar-refractivity contribution in [2.45, 2.75) is 45.6 Å². The second kappa shape index (κ2) is 7.52. The Morgan fingerprint density at radius 3 is 2.68 bits per heavy atom. The van der Waals surface area contributed by atoms with E-state index in [1.165, 1.54) is 31.4 Å². The highest BCUT2D eigenvalue weighted by Crippen LogP contribution is 2.33. The summed E-state index contributed by atoms with van der Waals surface area (Å²) in [4.78, 5) is 12.8. The van der Waals surface area contributed by atoms with Gasteiger partial charge in [-0.3, -0.25) is 4.79 Å². The molecule has 1 fully saturated rings. The number of nitrogens with zero attached hydrogens (tertiary/aromatic N) is 1. The molecule has 0 saturated heterocycles. The topological polar surface area (TPSA) is 43.3 Å². The number of Topliss-reactive ketones (excluding diaryl/α,β-unsaturated/α-hetero) is 1. The Hall–Kier alpha value is -1.94. The van der Waals surface area contributed by atoms with E-state index in [1.807, 2.05) is 6.07 Å². The zero-order valence-corrected chi connectivity index (χ0v) is 15.8. The molecule has 0 atom stereocenters. The highest BCUT2D eigenvalue weighted by Gasteiger charge is 2.23. The molecular weight excluding hydrogens is 336 g/mol. The zero-order chi connectivity index (χ0) is 18.0. The minimum atomic E-state index is 0.0828. The fourth-order valence-electron chi connectivity index (χ4n) is 3.87. The van der Waals surface area contributed by atoms with Crippen LogP contribution in [0.1, 0.15) is 53.5 Å². The van der Waals surface area contributed by atoms with Crippen LogP contribution < -0.4 is 10.1 Å². The average Bonchev–Trinajstić information content (AvgIpc) is 3.20. The first kappa shape index (κ1) is 17.9. The molecule has 0 amide bonds. The molecule has 1 aliphatic carbocycles. The zero-order valence-electron chi connectivity index (χ0n) is 15.1. The van der Waals surface area contributed by atoms with Gasteiger partial charge in [-0.1, -0.05) is 24.4 Å². The van der Waals surface area contributed by atoms with Gasteiger partial charge in [0.1, 0.15) is 5.75 Å². The lowest BCUT2D eigenvalue weighted by Crippen LogP contribution is -2.16. The highest BCUT2D eigenvalue weighted by molar-refractivity contribution is 6.31. The van der Waals surface area contributed by atoms with Crippen molar-refractivity contribution in [2.75, 3.05) is 19.0 Å². The summed E-state index contributed by atoms with van der Waals surface area (Å²) in [5.74, 6) is 0.757. The van der Waals surface area contributed by atoms with Crippen molar-refractivity contribution in [1.29, 1.82) is 0 Å². The molecule has 4 nitrogen and oxygen atoms in total. The SMILES string of the molecule is COc1ccc(Cl)cc1NCC(=O)c1cc(C)n(C2CCCC2)c1C. The first-order chi connectivity index (χ1) is 12.0. The molecule has 134 valence electrons. The lowest BCUT2D eigenvalue weighted by atomic mass is 10.1. The second-order valence-corrected chi connectivity index (χ2v) is 7.15. The Kier molecular flexibility index (Phi) is 5.38. The van der Waals surface area contributed by atoms with Gasteiger partial charge < -0.3 is 14.6 Å². The number of benzene rings is 1. The van der Waals surface area contributed by atoms with Gasteiger partial charge >= 0.3 is 0 Å². The predicted molar refractivity (Wildman–Crippen MR) is 102 cm³/mol. The van der Waals surface area contributed by atoms with Crippen LogP contribution in [0.15, 0.2) is 24.3 Å². The third-order valence-electron chi connectivity index (χ3n) is 5.08. The van der Waals surface area contributed by atoms with E-state index in [4.69, 9.17) is 16.3 Å². The van der Waals surface area contributed by atoms with E-state index < -0.39 is 0 Å². The number of rotatable bonds is 6. The minimum Gasteiger partial charge on any atom is -0.495 e. The van der Waals surface area contributed by atoms with Crippen LogP contribution in [-0.4, -0.2) is 24.0 Å². The van der Waals surface area contributed by atoms with Crippen LogP contribution in [0.3, 0.4) is 0 Å². The summed E-state index contributed by atoms with van der Waals surface area (Å²) in [6.07, 6.45) is 4.98. The van der Waals surface area contributed by atoms with Crippen molar-refractivity contribution in [3.05, 3.63) is 46.2 Å². The summed E-state index contributed by atoms with van der Waals surface area (Å²) in [6, 6.07) is 7.90. The van der Waals surface area contributed by atoms with Gasteiger partial charge in [-0.25, -0.2) is 0 Å². The number of ether oxygens (including phenoxy) is 1. The standard InChI is InChI=1S/C20H25ClN2O2/c1-13-10-17(14(2)23(13)16-6-4-5-7-16)19(24)12-22-18-11-15(21)8-9-20(18)25-3/h8-11,16,22H,4-7,12H2,1-3H3. The van der Waals surface area contributed by atoms with E-state index in [2.05, 4.69) is 23.7 Å². The molecule has 25 heavy (non-hydrogen) atoms. The van der Waals surface area contributed by atoms with Crippen LogP contribution in [0.25, 0.3) is 0 Å². The quantitative estimate of drug-likeness (QED) is 0.722. The van der Waals surface area contributed by atoms with Gasteiger partial charge in [-0.05, 0) is 51.0 Å². The Labute approximate surface area is 154 Å². The lowest BCUT2D eigenvalue weighted by Gasteiger charge is -2.17. The van der Waals surface area contributed by atoms with Crippen molar-refractivity contribution in [1.82, 2.24) is 4.57 Å². The number of nitrogens with one attached hydrogen (secondary N) is 1. The molecule has 1 aliphatic rings. The fourth-order valence-corrected chi connectivity index (χ4v) is 4.04. The summed E-state index contributed by atoms with van der Waals surface area (Å²) >= 11 is 6.04. The number of halogens is 1. The molecule has 0 spiro atoms. The minimum absolute atomic E-state index is 0.0828. The van der Waals surface area contributed by atoms with Gasteiger partial charge in [-0.15, -0.1) is 0 Å². The molecule has 1 saturated carbocycles. The fraction of sp³-hybridized carbons (Fsp3) is 0.450. The number of anilines is 1. The second-order valence-electron chi connectivity index (χ2n) is 6.71. The number of methoxy groups -OCH3 is 1. The maximum absolute atomic E-state index is 12.8. The van der Waals surface area contributed by atoms with E-state index in [0.29, 0.717) is 16.8 Å². The summed E-state index contributed by atoms with van der Waals surface area (Å²) in [5, 5.41) is 3.77. The molecule has 3 rings (SSSR count).